The molecule has 0 unspecified atom stereocenters. The van der Waals surface area contributed by atoms with Gasteiger partial charge in [0.2, 0.25) is 11.8 Å². The lowest BCUT2D eigenvalue weighted by Crippen LogP contribution is -2.32. The van der Waals surface area contributed by atoms with E-state index in [0.717, 1.165) is 12.1 Å². The van der Waals surface area contributed by atoms with Crippen LogP contribution in [0.3, 0.4) is 0 Å². The first-order valence-corrected chi connectivity index (χ1v) is 6.29. The molecule has 0 aliphatic heterocycles. The Hall–Kier alpha value is -2.03. The molecule has 2 rings (SSSR count). The lowest BCUT2D eigenvalue weighted by Gasteiger charge is -2.27. The Labute approximate surface area is 114 Å². The number of anilines is 1. The van der Waals surface area contributed by atoms with Crippen molar-refractivity contribution in [3.63, 3.8) is 0 Å². The topological polar surface area (TPSA) is 52.9 Å². The van der Waals surface area contributed by atoms with Crippen molar-refractivity contribution >= 4 is 11.6 Å². The summed E-state index contributed by atoms with van der Waals surface area (Å²) in [5, 5.41) is 11.4. The second-order valence-corrected chi connectivity index (χ2v) is 4.92. The Morgan fingerprint density at radius 2 is 2.00 bits per heavy atom. The van der Waals surface area contributed by atoms with E-state index in [1.54, 1.807) is 6.07 Å². The highest BCUT2D eigenvalue weighted by Crippen LogP contribution is 2.36. The molecule has 0 bridgehead atoms. The minimum Gasteiger partial charge on any atom is -0.325 e. The number of halogens is 3. The first-order valence-electron chi connectivity index (χ1n) is 6.29. The zero-order valence-corrected chi connectivity index (χ0v) is 10.6. The van der Waals surface area contributed by atoms with Crippen LogP contribution in [0.25, 0.3) is 0 Å². The second-order valence-electron chi connectivity index (χ2n) is 4.92. The first kappa shape index (κ1) is 14.4. The van der Waals surface area contributed by atoms with Crippen LogP contribution in [-0.4, -0.2) is 11.8 Å². The van der Waals surface area contributed by atoms with Crippen molar-refractivity contribution in [3.05, 3.63) is 29.6 Å². The Morgan fingerprint density at radius 3 is 2.60 bits per heavy atom. The second kappa shape index (κ2) is 5.53. The summed E-state index contributed by atoms with van der Waals surface area (Å²) in [5.41, 5.74) is 0.218. The van der Waals surface area contributed by atoms with E-state index in [9.17, 15) is 18.0 Å². The lowest BCUT2D eigenvalue weighted by atomic mass is 9.86. The number of carbonyl (C=O) groups is 1. The quantitative estimate of drug-likeness (QED) is 0.903. The van der Waals surface area contributed by atoms with Crippen molar-refractivity contribution in [1.82, 2.24) is 0 Å². The fourth-order valence-corrected chi connectivity index (χ4v) is 2.26. The molecule has 1 aromatic rings. The van der Waals surface area contributed by atoms with E-state index in [4.69, 9.17) is 5.26 Å². The van der Waals surface area contributed by atoms with Crippen LogP contribution in [-0.2, 0) is 4.79 Å². The van der Waals surface area contributed by atoms with Gasteiger partial charge in [-0.2, -0.15) is 5.26 Å². The predicted molar refractivity (Wildman–Crippen MR) is 66.6 cm³/mol. The van der Waals surface area contributed by atoms with Crippen molar-refractivity contribution in [3.8, 4) is 6.07 Å². The fraction of sp³-hybridized carbons (Fsp3) is 0.429. The Bertz CT molecular complexity index is 556. The fourth-order valence-electron chi connectivity index (χ4n) is 2.26. The van der Waals surface area contributed by atoms with Gasteiger partial charge in [0.1, 0.15) is 11.9 Å². The number of rotatable bonds is 2. The van der Waals surface area contributed by atoms with Crippen LogP contribution in [0.5, 0.6) is 0 Å². The van der Waals surface area contributed by atoms with Crippen molar-refractivity contribution in [2.75, 3.05) is 5.32 Å². The van der Waals surface area contributed by atoms with Gasteiger partial charge < -0.3 is 5.32 Å². The summed E-state index contributed by atoms with van der Waals surface area (Å²) in [6, 6.07) is 5.23. The Morgan fingerprint density at radius 1 is 1.35 bits per heavy atom. The summed E-state index contributed by atoms with van der Waals surface area (Å²) >= 11 is 0. The van der Waals surface area contributed by atoms with Gasteiger partial charge >= 0.3 is 0 Å². The third-order valence-corrected chi connectivity index (χ3v) is 3.45. The molecule has 0 spiro atoms. The van der Waals surface area contributed by atoms with Gasteiger partial charge in [-0.3, -0.25) is 4.79 Å². The third-order valence-electron chi connectivity index (χ3n) is 3.45. The maximum absolute atomic E-state index is 13.0. The molecule has 0 atom stereocenters. The first-order chi connectivity index (χ1) is 9.41. The average molecular weight is 282 g/mol. The summed E-state index contributed by atoms with van der Waals surface area (Å²) in [4.78, 5) is 12.0. The van der Waals surface area contributed by atoms with Gasteiger partial charge in [-0.15, -0.1) is 0 Å². The number of alkyl halides is 2. The summed E-state index contributed by atoms with van der Waals surface area (Å²) < 4.78 is 39.0. The number of nitrogens with one attached hydrogen (secondary N) is 1. The van der Waals surface area contributed by atoms with E-state index in [0.29, 0.717) is 0 Å². The molecule has 0 saturated heterocycles. The maximum atomic E-state index is 13.0. The van der Waals surface area contributed by atoms with E-state index in [1.807, 2.05) is 0 Å². The zero-order valence-electron chi connectivity index (χ0n) is 10.6. The summed E-state index contributed by atoms with van der Waals surface area (Å²) in [7, 11) is 0. The highest BCUT2D eigenvalue weighted by atomic mass is 19.3. The van der Waals surface area contributed by atoms with Crippen LogP contribution in [0.15, 0.2) is 18.2 Å². The number of benzene rings is 1. The minimum atomic E-state index is -2.69. The smallest absolute Gasteiger partial charge is 0.248 e. The molecule has 1 saturated carbocycles. The lowest BCUT2D eigenvalue weighted by molar-refractivity contribution is -0.124. The summed E-state index contributed by atoms with van der Waals surface area (Å²) in [6.45, 7) is 0. The predicted octanol–water partition coefficient (Wildman–Crippen LogP) is 3.46. The highest BCUT2D eigenvalue weighted by Gasteiger charge is 2.37. The summed E-state index contributed by atoms with van der Waals surface area (Å²) in [6.07, 6.45) is -0.386. The molecule has 20 heavy (non-hydrogen) atoms. The van der Waals surface area contributed by atoms with Crippen LogP contribution >= 0.6 is 0 Å². The largest absolute Gasteiger partial charge is 0.325 e. The molecule has 1 aliphatic rings. The van der Waals surface area contributed by atoms with Gasteiger partial charge in [-0.1, -0.05) is 0 Å². The molecule has 106 valence electrons. The molecule has 0 aromatic heterocycles. The number of hydrogen-bond acceptors (Lipinski definition) is 2. The van der Waals surface area contributed by atoms with Crippen molar-refractivity contribution in [1.29, 1.82) is 5.26 Å². The molecular formula is C14H13F3N2O. The molecule has 1 N–H and O–H groups in total. The van der Waals surface area contributed by atoms with E-state index in [-0.39, 0.29) is 36.9 Å². The van der Waals surface area contributed by atoms with Gasteiger partial charge in [0.05, 0.1) is 11.3 Å². The molecule has 6 heteroatoms. The third kappa shape index (κ3) is 3.29. The Balaban J connectivity index is 2.04. The van der Waals surface area contributed by atoms with Gasteiger partial charge in [0.25, 0.3) is 0 Å². The molecule has 1 aromatic carbocycles. The molecule has 3 nitrogen and oxygen atoms in total. The minimum absolute atomic E-state index is 0.0134. The van der Waals surface area contributed by atoms with Crippen LogP contribution in [0, 0.1) is 23.1 Å². The van der Waals surface area contributed by atoms with Gasteiger partial charge in [0.15, 0.2) is 0 Å². The summed E-state index contributed by atoms with van der Waals surface area (Å²) in [5.74, 6) is -4.16. The van der Waals surface area contributed by atoms with Crippen LogP contribution in [0.4, 0.5) is 18.9 Å². The zero-order chi connectivity index (χ0) is 14.8. The number of amides is 1. The van der Waals surface area contributed by atoms with Crippen molar-refractivity contribution < 1.29 is 18.0 Å². The standard InChI is InChI=1S/C14H13F3N2O/c15-11-1-2-12(10(7-11)8-18)19-13(20)9-3-5-14(16,17)6-4-9/h1-2,7,9H,3-6H2,(H,19,20). The average Bonchev–Trinajstić information content (AvgIpc) is 2.40. The molecule has 0 radical (unpaired) electrons. The molecule has 0 heterocycles. The van der Waals surface area contributed by atoms with E-state index in [1.165, 1.54) is 6.07 Å². The SMILES string of the molecule is N#Cc1cc(F)ccc1NC(=O)C1CCC(F)(F)CC1. The maximum Gasteiger partial charge on any atom is 0.248 e. The van der Waals surface area contributed by atoms with Crippen molar-refractivity contribution in [2.45, 2.75) is 31.6 Å². The van der Waals surface area contributed by atoms with Crippen LogP contribution < -0.4 is 5.32 Å². The molecule has 1 amide bonds. The van der Waals surface area contributed by atoms with Crippen LogP contribution in [0.2, 0.25) is 0 Å². The van der Waals surface area contributed by atoms with E-state index >= 15 is 0 Å². The molecule has 1 aliphatic carbocycles. The molecular weight excluding hydrogens is 269 g/mol. The Kier molecular flexibility index (Phi) is 3.98. The molecule has 1 fully saturated rings. The van der Waals surface area contributed by atoms with Gasteiger partial charge in [-0.05, 0) is 31.0 Å². The van der Waals surface area contributed by atoms with Crippen molar-refractivity contribution in [2.24, 2.45) is 5.92 Å². The highest BCUT2D eigenvalue weighted by molar-refractivity contribution is 5.93. The number of nitrogens with zero attached hydrogens (tertiary/aromatic N) is 1. The number of hydrogen-bond donors (Lipinski definition) is 1. The van der Waals surface area contributed by atoms with Gasteiger partial charge in [0, 0.05) is 18.8 Å². The van der Waals surface area contributed by atoms with Crippen LogP contribution in [0.1, 0.15) is 31.2 Å². The monoisotopic (exact) mass is 282 g/mol. The van der Waals surface area contributed by atoms with Gasteiger partial charge in [-0.25, -0.2) is 13.2 Å². The van der Waals surface area contributed by atoms with E-state index < -0.39 is 23.6 Å². The van der Waals surface area contributed by atoms with E-state index in [2.05, 4.69) is 5.32 Å². The number of nitriles is 1. The number of carbonyl (C=O) groups excluding carboxylic acids is 1. The normalized spacial score (nSPS) is 18.3.